The van der Waals surface area contributed by atoms with Crippen LogP contribution < -0.4 is 4.74 Å². The van der Waals surface area contributed by atoms with Crippen molar-refractivity contribution in [3.8, 4) is 5.75 Å². The normalized spacial score (nSPS) is 15.4. The highest BCUT2D eigenvalue weighted by atomic mass is 32.2. The highest BCUT2D eigenvalue weighted by Crippen LogP contribution is 2.31. The van der Waals surface area contributed by atoms with Crippen molar-refractivity contribution in [2.24, 2.45) is 0 Å². The van der Waals surface area contributed by atoms with Crippen molar-refractivity contribution in [1.82, 2.24) is 4.90 Å². The molecule has 7 nitrogen and oxygen atoms in total. The van der Waals surface area contributed by atoms with Crippen molar-refractivity contribution in [3.63, 3.8) is 0 Å². The third-order valence-corrected chi connectivity index (χ3v) is 5.37. The summed E-state index contributed by atoms with van der Waals surface area (Å²) in [5.41, 5.74) is 2.43. The number of amides is 2. The van der Waals surface area contributed by atoms with E-state index in [1.54, 1.807) is 18.2 Å². The molecule has 30 heavy (non-hydrogen) atoms. The molecule has 1 aliphatic heterocycles. The third kappa shape index (κ3) is 4.96. The van der Waals surface area contributed by atoms with Crippen LogP contribution in [0, 0.1) is 24.0 Å². The first-order chi connectivity index (χ1) is 14.4. The zero-order chi connectivity index (χ0) is 21.7. The number of nitrogens with zero attached hydrogens (tertiary/aromatic N) is 2. The van der Waals surface area contributed by atoms with E-state index in [-0.39, 0.29) is 29.0 Å². The lowest BCUT2D eigenvalue weighted by molar-refractivity contribution is -0.385. The molecule has 2 aromatic carbocycles. The first-order valence-electron chi connectivity index (χ1n) is 9.22. The van der Waals surface area contributed by atoms with Crippen molar-refractivity contribution in [2.45, 2.75) is 13.8 Å². The van der Waals surface area contributed by atoms with Crippen LogP contribution in [0.4, 0.5) is 10.5 Å². The van der Waals surface area contributed by atoms with Crippen LogP contribution in [0.25, 0.3) is 6.08 Å². The van der Waals surface area contributed by atoms with Gasteiger partial charge >= 0.3 is 0 Å². The molecule has 1 aliphatic rings. The molecule has 0 aliphatic carbocycles. The lowest BCUT2D eigenvalue weighted by atomic mass is 10.1. The van der Waals surface area contributed by atoms with E-state index in [9.17, 15) is 19.7 Å². The number of ether oxygens (including phenoxy) is 1. The van der Waals surface area contributed by atoms with Gasteiger partial charge in [-0.2, -0.15) is 0 Å². The molecule has 0 atom stereocenters. The number of imide groups is 1. The smallest absolute Gasteiger partial charge is 0.293 e. The van der Waals surface area contributed by atoms with E-state index in [0.717, 1.165) is 33.5 Å². The Labute approximate surface area is 178 Å². The summed E-state index contributed by atoms with van der Waals surface area (Å²) in [5.74, 6) is 0.326. The Bertz CT molecular complexity index is 1060. The largest absolute Gasteiger partial charge is 0.491 e. The van der Waals surface area contributed by atoms with Gasteiger partial charge in [-0.15, -0.1) is 0 Å². The average molecular weight is 424 g/mol. The first-order valence-corrected chi connectivity index (χ1v) is 10.0. The van der Waals surface area contributed by atoms with Gasteiger partial charge in [-0.1, -0.05) is 30.3 Å². The number of carbonyl (C=O) groups is 2. The zero-order valence-corrected chi connectivity index (χ0v) is 17.3. The zero-order valence-electron chi connectivity index (χ0n) is 16.5. The van der Waals surface area contributed by atoms with Gasteiger partial charge < -0.3 is 4.74 Å². The van der Waals surface area contributed by atoms with Crippen LogP contribution in [-0.2, 0) is 4.79 Å². The van der Waals surface area contributed by atoms with E-state index in [1.807, 2.05) is 32.0 Å². The van der Waals surface area contributed by atoms with Crippen LogP contribution in [0.1, 0.15) is 16.7 Å². The van der Waals surface area contributed by atoms with Gasteiger partial charge in [-0.3, -0.25) is 24.6 Å². The maximum atomic E-state index is 12.5. The summed E-state index contributed by atoms with van der Waals surface area (Å²) in [6.07, 6.45) is 4.56. The Morgan fingerprint density at radius 1 is 1.17 bits per heavy atom. The fourth-order valence-electron chi connectivity index (χ4n) is 2.85. The molecule has 8 heteroatoms. The molecule has 0 aromatic heterocycles. The van der Waals surface area contributed by atoms with Gasteiger partial charge in [0.2, 0.25) is 0 Å². The van der Waals surface area contributed by atoms with E-state index < -0.39 is 10.8 Å². The minimum Gasteiger partial charge on any atom is -0.491 e. The summed E-state index contributed by atoms with van der Waals surface area (Å²) >= 11 is 0.837. The van der Waals surface area contributed by atoms with E-state index in [0.29, 0.717) is 5.56 Å². The Kier molecular flexibility index (Phi) is 6.68. The highest BCUT2D eigenvalue weighted by molar-refractivity contribution is 8.18. The average Bonchev–Trinajstić information content (AvgIpc) is 2.98. The molecule has 0 saturated carbocycles. The number of aryl methyl sites for hydroxylation is 2. The van der Waals surface area contributed by atoms with Crippen molar-refractivity contribution < 1.29 is 19.2 Å². The summed E-state index contributed by atoms with van der Waals surface area (Å²) in [6, 6.07) is 12.1. The number of thioether (sulfide) groups is 1. The highest BCUT2D eigenvalue weighted by Gasteiger charge is 2.34. The minimum atomic E-state index is -0.469. The second-order valence-electron chi connectivity index (χ2n) is 6.65. The molecule has 2 aromatic rings. The topological polar surface area (TPSA) is 89.8 Å². The fourth-order valence-corrected chi connectivity index (χ4v) is 3.67. The molecular weight excluding hydrogens is 404 g/mol. The van der Waals surface area contributed by atoms with Crippen LogP contribution in [0.3, 0.4) is 0 Å². The van der Waals surface area contributed by atoms with E-state index in [1.165, 1.54) is 24.3 Å². The molecule has 0 unspecified atom stereocenters. The van der Waals surface area contributed by atoms with Crippen LogP contribution in [-0.4, -0.2) is 34.1 Å². The number of allylic oxidation sites excluding steroid dienone is 2. The maximum Gasteiger partial charge on any atom is 0.293 e. The molecular formula is C22H20N2O5S. The number of nitro benzene ring substituents is 1. The maximum absolute atomic E-state index is 12.5. The molecule has 1 heterocycles. The predicted octanol–water partition coefficient (Wildman–Crippen LogP) is 4.88. The number of para-hydroxylation sites is 1. The lowest BCUT2D eigenvalue weighted by Crippen LogP contribution is -2.32. The number of benzene rings is 2. The van der Waals surface area contributed by atoms with Crippen LogP contribution in [0.5, 0.6) is 5.75 Å². The molecule has 0 spiro atoms. The Hall–Kier alpha value is -3.39. The molecule has 0 radical (unpaired) electrons. The second kappa shape index (κ2) is 9.41. The summed E-state index contributed by atoms with van der Waals surface area (Å²) in [4.78, 5) is 36.7. The molecule has 3 rings (SSSR count). The summed E-state index contributed by atoms with van der Waals surface area (Å²) < 4.78 is 5.73. The second-order valence-corrected chi connectivity index (χ2v) is 7.64. The van der Waals surface area contributed by atoms with Crippen LogP contribution in [0.2, 0.25) is 0 Å². The molecule has 0 N–H and O–H groups in total. The van der Waals surface area contributed by atoms with Gasteiger partial charge in [0.25, 0.3) is 16.8 Å². The molecule has 1 fully saturated rings. The molecule has 0 bridgehead atoms. The summed E-state index contributed by atoms with van der Waals surface area (Å²) in [6.45, 7) is 4.23. The van der Waals surface area contributed by atoms with Gasteiger partial charge in [-0.05, 0) is 61.0 Å². The fraction of sp³-hybridized carbons (Fsp3) is 0.182. The van der Waals surface area contributed by atoms with Gasteiger partial charge in [-0.25, -0.2) is 0 Å². The van der Waals surface area contributed by atoms with Crippen LogP contribution in [0.15, 0.2) is 59.5 Å². The summed E-state index contributed by atoms with van der Waals surface area (Å²) in [7, 11) is 0. The summed E-state index contributed by atoms with van der Waals surface area (Å²) in [5, 5.41) is 10.7. The number of hydrogen-bond donors (Lipinski definition) is 0. The molecule has 154 valence electrons. The van der Waals surface area contributed by atoms with Gasteiger partial charge in [0.1, 0.15) is 12.4 Å². The SMILES string of the molecule is Cc1ccc(C)c(OCCN2C(=O)S/C(=C\C=C\c3ccccc3[N+](=O)[O-])C2=O)c1. The minimum absolute atomic E-state index is 0.0288. The Balaban J connectivity index is 1.63. The predicted molar refractivity (Wildman–Crippen MR) is 116 cm³/mol. The number of hydrogen-bond acceptors (Lipinski definition) is 6. The van der Waals surface area contributed by atoms with Crippen molar-refractivity contribution in [3.05, 3.63) is 86.3 Å². The molecule has 1 saturated heterocycles. The lowest BCUT2D eigenvalue weighted by Gasteiger charge is -2.14. The van der Waals surface area contributed by atoms with Crippen LogP contribution >= 0.6 is 11.8 Å². The van der Waals surface area contributed by atoms with Gasteiger partial charge in [0.15, 0.2) is 0 Å². The number of nitro groups is 1. The Morgan fingerprint density at radius 3 is 2.70 bits per heavy atom. The van der Waals surface area contributed by atoms with Gasteiger partial charge in [0, 0.05) is 6.07 Å². The van der Waals surface area contributed by atoms with Crippen molar-refractivity contribution in [1.29, 1.82) is 0 Å². The third-order valence-electron chi connectivity index (χ3n) is 4.45. The van der Waals surface area contributed by atoms with E-state index in [2.05, 4.69) is 0 Å². The van der Waals surface area contributed by atoms with Crippen molar-refractivity contribution in [2.75, 3.05) is 13.2 Å². The number of carbonyl (C=O) groups excluding carboxylic acids is 2. The monoisotopic (exact) mass is 424 g/mol. The van der Waals surface area contributed by atoms with Gasteiger partial charge in [0.05, 0.1) is 21.9 Å². The first kappa shape index (κ1) is 21.3. The molecule has 2 amide bonds. The quantitative estimate of drug-likeness (QED) is 0.357. The van der Waals surface area contributed by atoms with E-state index >= 15 is 0 Å². The Morgan fingerprint density at radius 2 is 1.93 bits per heavy atom. The standard InChI is InChI=1S/C22H20N2O5S/c1-15-10-11-16(2)19(14-15)29-13-12-23-21(25)20(30-22(23)26)9-5-7-17-6-3-4-8-18(17)24(27)28/h3-11,14H,12-13H2,1-2H3/b7-5+,20-9-. The number of rotatable bonds is 7. The van der Waals surface area contributed by atoms with E-state index in [4.69, 9.17) is 4.74 Å². The van der Waals surface area contributed by atoms with Crippen molar-refractivity contribution >= 4 is 34.7 Å².